The number of carbonyl (C=O) groups excluding carboxylic acids is 2. The van der Waals surface area contributed by atoms with Crippen molar-refractivity contribution in [1.82, 2.24) is 0 Å². The lowest BCUT2D eigenvalue weighted by atomic mass is 10.2. The second kappa shape index (κ2) is 13.0. The van der Waals surface area contributed by atoms with Crippen LogP contribution in [0.3, 0.4) is 0 Å². The predicted molar refractivity (Wildman–Crippen MR) is 97.8 cm³/mol. The van der Waals surface area contributed by atoms with Crippen LogP contribution in [0.5, 0.6) is 0 Å². The maximum Gasteiger partial charge on any atom is 0.305 e. The molecule has 24 heavy (non-hydrogen) atoms. The summed E-state index contributed by atoms with van der Waals surface area (Å²) in [5.41, 5.74) is 1.12. The van der Waals surface area contributed by atoms with Gasteiger partial charge < -0.3 is 9.47 Å². The number of ether oxygens (including phenoxy) is 2. The van der Waals surface area contributed by atoms with E-state index in [-0.39, 0.29) is 24.8 Å². The lowest BCUT2D eigenvalue weighted by Gasteiger charge is -2.06. The van der Waals surface area contributed by atoms with Crippen LogP contribution in [0.4, 0.5) is 0 Å². The molecule has 0 N–H and O–H groups in total. The second-order valence-corrected chi connectivity index (χ2v) is 6.65. The Morgan fingerprint density at radius 3 is 2.12 bits per heavy atom. The summed E-state index contributed by atoms with van der Waals surface area (Å²) in [6, 6.07) is 7.92. The molecule has 0 saturated carbocycles. The van der Waals surface area contributed by atoms with Crippen molar-refractivity contribution >= 4 is 27.9 Å². The van der Waals surface area contributed by atoms with Crippen LogP contribution in [-0.2, 0) is 25.5 Å². The first-order valence-electron chi connectivity index (χ1n) is 8.67. The molecule has 0 bridgehead atoms. The monoisotopic (exact) mass is 398 g/mol. The van der Waals surface area contributed by atoms with E-state index in [4.69, 9.17) is 9.47 Å². The Balaban J connectivity index is 2.01. The molecule has 0 amide bonds. The van der Waals surface area contributed by atoms with Gasteiger partial charge in [0.2, 0.25) is 0 Å². The fourth-order valence-electron chi connectivity index (χ4n) is 2.17. The third-order valence-electron chi connectivity index (χ3n) is 3.59. The maximum atomic E-state index is 11.6. The SMILES string of the molecule is CCCCCCOC(=O)CCCC(=O)OCCc1ccc(Br)cc1. The van der Waals surface area contributed by atoms with E-state index in [2.05, 4.69) is 22.9 Å². The third kappa shape index (κ3) is 10.4. The standard InChI is InChI=1S/C19H27BrO4/c1-2-3-4-5-14-23-18(21)7-6-8-19(22)24-15-13-16-9-11-17(20)12-10-16/h9-12H,2-8,13-15H2,1H3. The van der Waals surface area contributed by atoms with E-state index >= 15 is 0 Å². The number of halogens is 1. The summed E-state index contributed by atoms with van der Waals surface area (Å²) in [6.45, 7) is 2.99. The Morgan fingerprint density at radius 1 is 0.875 bits per heavy atom. The highest BCUT2D eigenvalue weighted by Crippen LogP contribution is 2.11. The molecule has 0 aliphatic carbocycles. The molecule has 0 spiro atoms. The van der Waals surface area contributed by atoms with Gasteiger partial charge in [-0.1, -0.05) is 54.2 Å². The molecular weight excluding hydrogens is 372 g/mol. The molecule has 0 saturated heterocycles. The molecule has 1 aromatic carbocycles. The van der Waals surface area contributed by atoms with Crippen LogP contribution < -0.4 is 0 Å². The summed E-state index contributed by atoms with van der Waals surface area (Å²) in [7, 11) is 0. The molecule has 0 fully saturated rings. The van der Waals surface area contributed by atoms with Crippen molar-refractivity contribution in [3.05, 3.63) is 34.3 Å². The fraction of sp³-hybridized carbons (Fsp3) is 0.579. The Bertz CT molecular complexity index is 485. The molecule has 0 aliphatic heterocycles. The van der Waals surface area contributed by atoms with Gasteiger partial charge in [-0.25, -0.2) is 0 Å². The number of hydrogen-bond acceptors (Lipinski definition) is 4. The summed E-state index contributed by atoms with van der Waals surface area (Å²) in [6.07, 6.45) is 6.04. The first-order valence-corrected chi connectivity index (χ1v) is 9.46. The summed E-state index contributed by atoms with van der Waals surface area (Å²) < 4.78 is 11.3. The van der Waals surface area contributed by atoms with Crippen LogP contribution in [0.2, 0.25) is 0 Å². The van der Waals surface area contributed by atoms with Crippen molar-refractivity contribution in [2.75, 3.05) is 13.2 Å². The van der Waals surface area contributed by atoms with E-state index in [1.165, 1.54) is 6.42 Å². The molecule has 0 radical (unpaired) electrons. The number of hydrogen-bond donors (Lipinski definition) is 0. The molecule has 0 heterocycles. The molecule has 0 aliphatic rings. The number of carbonyl (C=O) groups is 2. The van der Waals surface area contributed by atoms with Gasteiger partial charge in [-0.3, -0.25) is 9.59 Å². The van der Waals surface area contributed by atoms with E-state index in [0.717, 1.165) is 29.3 Å². The van der Waals surface area contributed by atoms with Crippen molar-refractivity contribution in [3.63, 3.8) is 0 Å². The van der Waals surface area contributed by atoms with Gasteiger partial charge in [0.1, 0.15) is 0 Å². The average Bonchev–Trinajstić information content (AvgIpc) is 2.56. The normalized spacial score (nSPS) is 10.4. The molecular formula is C19H27BrO4. The largest absolute Gasteiger partial charge is 0.466 e. The van der Waals surface area contributed by atoms with E-state index in [0.29, 0.717) is 26.1 Å². The van der Waals surface area contributed by atoms with Gasteiger partial charge in [-0.05, 0) is 30.5 Å². The van der Waals surface area contributed by atoms with E-state index in [9.17, 15) is 9.59 Å². The van der Waals surface area contributed by atoms with Gasteiger partial charge >= 0.3 is 11.9 Å². The molecule has 0 unspecified atom stereocenters. The van der Waals surface area contributed by atoms with Crippen LogP contribution in [0.15, 0.2) is 28.7 Å². The van der Waals surface area contributed by atoms with E-state index in [1.54, 1.807) is 0 Å². The van der Waals surface area contributed by atoms with Gasteiger partial charge in [0.15, 0.2) is 0 Å². The first-order chi connectivity index (χ1) is 11.6. The molecule has 0 aromatic heterocycles. The van der Waals surface area contributed by atoms with E-state index < -0.39 is 0 Å². The lowest BCUT2D eigenvalue weighted by Crippen LogP contribution is -2.10. The minimum absolute atomic E-state index is 0.228. The van der Waals surface area contributed by atoms with Crippen molar-refractivity contribution in [2.24, 2.45) is 0 Å². The summed E-state index contributed by atoms with van der Waals surface area (Å²) in [4.78, 5) is 23.1. The molecule has 4 nitrogen and oxygen atoms in total. The van der Waals surface area contributed by atoms with Gasteiger partial charge in [0.05, 0.1) is 13.2 Å². The first kappa shape index (κ1) is 20.7. The Hall–Kier alpha value is -1.36. The zero-order chi connectivity index (χ0) is 17.6. The minimum atomic E-state index is -0.261. The highest BCUT2D eigenvalue weighted by molar-refractivity contribution is 9.10. The van der Waals surface area contributed by atoms with Crippen LogP contribution in [-0.4, -0.2) is 25.2 Å². The van der Waals surface area contributed by atoms with Gasteiger partial charge in [0.25, 0.3) is 0 Å². The Kier molecular flexibility index (Phi) is 11.2. The van der Waals surface area contributed by atoms with Crippen LogP contribution in [0.1, 0.15) is 57.4 Å². The Labute approximate surface area is 153 Å². The highest BCUT2D eigenvalue weighted by atomic mass is 79.9. The number of benzene rings is 1. The van der Waals surface area contributed by atoms with E-state index in [1.807, 2.05) is 24.3 Å². The van der Waals surface area contributed by atoms with Crippen molar-refractivity contribution in [3.8, 4) is 0 Å². The molecule has 5 heteroatoms. The predicted octanol–water partition coefficient (Wildman–Crippen LogP) is 4.83. The summed E-state index contributed by atoms with van der Waals surface area (Å²) in [5.74, 6) is -0.489. The van der Waals surface area contributed by atoms with Crippen LogP contribution in [0.25, 0.3) is 0 Å². The van der Waals surface area contributed by atoms with Gasteiger partial charge in [-0.15, -0.1) is 0 Å². The molecule has 134 valence electrons. The highest BCUT2D eigenvalue weighted by Gasteiger charge is 2.07. The quantitative estimate of drug-likeness (QED) is 0.373. The van der Waals surface area contributed by atoms with Crippen molar-refractivity contribution in [2.45, 2.75) is 58.3 Å². The molecule has 0 atom stereocenters. The topological polar surface area (TPSA) is 52.6 Å². The van der Waals surface area contributed by atoms with Crippen molar-refractivity contribution < 1.29 is 19.1 Å². The maximum absolute atomic E-state index is 11.6. The number of rotatable bonds is 12. The third-order valence-corrected chi connectivity index (χ3v) is 4.12. The smallest absolute Gasteiger partial charge is 0.305 e. The average molecular weight is 399 g/mol. The van der Waals surface area contributed by atoms with Gasteiger partial charge in [0, 0.05) is 23.7 Å². The van der Waals surface area contributed by atoms with Crippen molar-refractivity contribution in [1.29, 1.82) is 0 Å². The zero-order valence-electron chi connectivity index (χ0n) is 14.4. The summed E-state index contributed by atoms with van der Waals surface area (Å²) in [5, 5.41) is 0. The summed E-state index contributed by atoms with van der Waals surface area (Å²) >= 11 is 3.38. The lowest BCUT2D eigenvalue weighted by molar-refractivity contribution is -0.145. The number of esters is 2. The second-order valence-electron chi connectivity index (χ2n) is 5.73. The molecule has 1 rings (SSSR count). The fourth-order valence-corrected chi connectivity index (χ4v) is 2.43. The Morgan fingerprint density at radius 2 is 1.50 bits per heavy atom. The van der Waals surface area contributed by atoms with Gasteiger partial charge in [-0.2, -0.15) is 0 Å². The zero-order valence-corrected chi connectivity index (χ0v) is 16.0. The van der Waals surface area contributed by atoms with Crippen LogP contribution in [0, 0.1) is 0 Å². The minimum Gasteiger partial charge on any atom is -0.466 e. The number of unbranched alkanes of at least 4 members (excludes halogenated alkanes) is 3. The molecule has 1 aromatic rings. The van der Waals surface area contributed by atoms with Crippen LogP contribution >= 0.6 is 15.9 Å².